The highest BCUT2D eigenvalue weighted by molar-refractivity contribution is 5.14. The lowest BCUT2D eigenvalue weighted by atomic mass is 9.67. The molecule has 0 unspecified atom stereocenters. The van der Waals surface area contributed by atoms with Crippen molar-refractivity contribution >= 4 is 0 Å². The lowest BCUT2D eigenvalue weighted by Gasteiger charge is -2.42. The van der Waals surface area contributed by atoms with Crippen LogP contribution in [-0.2, 0) is 11.3 Å². The minimum atomic E-state index is 0.519. The monoisotopic (exact) mass is 233 g/mol. The molecule has 0 heterocycles. The SMILES string of the molecule is COCCC1(CNCc2ccccc2)CCC1. The molecule has 1 aromatic rings. The van der Waals surface area contributed by atoms with E-state index in [1.165, 1.54) is 31.2 Å². The number of benzene rings is 1. The molecule has 0 aliphatic heterocycles. The molecule has 1 aliphatic rings. The van der Waals surface area contributed by atoms with Crippen LogP contribution in [0.3, 0.4) is 0 Å². The average Bonchev–Trinajstić information content (AvgIpc) is 2.33. The highest BCUT2D eigenvalue weighted by atomic mass is 16.5. The second-order valence-electron chi connectivity index (χ2n) is 5.19. The molecule has 0 spiro atoms. The van der Waals surface area contributed by atoms with Gasteiger partial charge in [0.15, 0.2) is 0 Å². The second kappa shape index (κ2) is 6.18. The first kappa shape index (κ1) is 12.6. The highest BCUT2D eigenvalue weighted by Crippen LogP contribution is 2.43. The van der Waals surface area contributed by atoms with Gasteiger partial charge >= 0.3 is 0 Å². The van der Waals surface area contributed by atoms with Crippen molar-refractivity contribution in [3.63, 3.8) is 0 Å². The Hall–Kier alpha value is -0.860. The Kier molecular flexibility index (Phi) is 4.57. The molecule has 0 bridgehead atoms. The summed E-state index contributed by atoms with van der Waals surface area (Å²) in [6.07, 6.45) is 5.30. The van der Waals surface area contributed by atoms with E-state index in [1.807, 2.05) is 0 Å². The van der Waals surface area contributed by atoms with Crippen LogP contribution in [0.4, 0.5) is 0 Å². The van der Waals surface area contributed by atoms with Crippen LogP contribution in [0.2, 0.25) is 0 Å². The fourth-order valence-electron chi connectivity index (χ4n) is 2.58. The summed E-state index contributed by atoms with van der Waals surface area (Å²) < 4.78 is 5.21. The number of rotatable bonds is 7. The Morgan fingerprint density at radius 1 is 1.24 bits per heavy atom. The summed E-state index contributed by atoms with van der Waals surface area (Å²) in [5, 5.41) is 3.60. The van der Waals surface area contributed by atoms with Crippen molar-refractivity contribution in [2.24, 2.45) is 5.41 Å². The minimum absolute atomic E-state index is 0.519. The molecule has 1 aromatic carbocycles. The van der Waals surface area contributed by atoms with E-state index in [-0.39, 0.29) is 0 Å². The Bertz CT molecular complexity index is 319. The van der Waals surface area contributed by atoms with Crippen LogP contribution >= 0.6 is 0 Å². The first-order valence-corrected chi connectivity index (χ1v) is 6.58. The summed E-state index contributed by atoms with van der Waals surface area (Å²) in [4.78, 5) is 0. The topological polar surface area (TPSA) is 21.3 Å². The highest BCUT2D eigenvalue weighted by Gasteiger charge is 2.35. The molecule has 94 valence electrons. The van der Waals surface area contributed by atoms with E-state index in [9.17, 15) is 0 Å². The summed E-state index contributed by atoms with van der Waals surface area (Å²) in [6.45, 7) is 3.01. The zero-order chi connectivity index (χ0) is 12.0. The van der Waals surface area contributed by atoms with E-state index >= 15 is 0 Å². The van der Waals surface area contributed by atoms with Crippen LogP contribution in [0.15, 0.2) is 30.3 Å². The molecular formula is C15H23NO. The van der Waals surface area contributed by atoms with Crippen LogP contribution < -0.4 is 5.32 Å². The van der Waals surface area contributed by atoms with E-state index in [0.29, 0.717) is 5.41 Å². The number of methoxy groups -OCH3 is 1. The normalized spacial score (nSPS) is 17.7. The molecule has 2 rings (SSSR count). The second-order valence-corrected chi connectivity index (χ2v) is 5.19. The van der Waals surface area contributed by atoms with Crippen molar-refractivity contribution < 1.29 is 4.74 Å². The van der Waals surface area contributed by atoms with Crippen molar-refractivity contribution in [3.8, 4) is 0 Å². The van der Waals surface area contributed by atoms with Crippen molar-refractivity contribution in [2.75, 3.05) is 20.3 Å². The Labute approximate surface area is 104 Å². The predicted molar refractivity (Wildman–Crippen MR) is 70.9 cm³/mol. The maximum atomic E-state index is 5.21. The van der Waals surface area contributed by atoms with E-state index in [2.05, 4.69) is 35.6 Å². The van der Waals surface area contributed by atoms with Gasteiger partial charge in [-0.3, -0.25) is 0 Å². The van der Waals surface area contributed by atoms with Crippen molar-refractivity contribution in [1.82, 2.24) is 5.32 Å². The fraction of sp³-hybridized carbons (Fsp3) is 0.600. The summed E-state index contributed by atoms with van der Waals surface area (Å²) in [6, 6.07) is 10.6. The average molecular weight is 233 g/mol. The summed E-state index contributed by atoms with van der Waals surface area (Å²) >= 11 is 0. The molecule has 0 aromatic heterocycles. The maximum absolute atomic E-state index is 5.21. The molecule has 1 aliphatic carbocycles. The van der Waals surface area contributed by atoms with E-state index < -0.39 is 0 Å². The zero-order valence-electron chi connectivity index (χ0n) is 10.7. The zero-order valence-corrected chi connectivity index (χ0v) is 10.7. The van der Waals surface area contributed by atoms with Gasteiger partial charge < -0.3 is 10.1 Å². The van der Waals surface area contributed by atoms with Crippen LogP contribution in [0.1, 0.15) is 31.2 Å². The summed E-state index contributed by atoms with van der Waals surface area (Å²) in [5.74, 6) is 0. The van der Waals surface area contributed by atoms with Gasteiger partial charge in [0.25, 0.3) is 0 Å². The predicted octanol–water partition coefficient (Wildman–Crippen LogP) is 2.98. The molecule has 0 radical (unpaired) electrons. The largest absolute Gasteiger partial charge is 0.385 e. The first-order chi connectivity index (χ1) is 8.35. The Morgan fingerprint density at radius 2 is 2.00 bits per heavy atom. The maximum Gasteiger partial charge on any atom is 0.0468 e. The number of ether oxygens (including phenoxy) is 1. The molecular weight excluding hydrogens is 210 g/mol. The number of nitrogens with one attached hydrogen (secondary N) is 1. The minimum Gasteiger partial charge on any atom is -0.385 e. The van der Waals surface area contributed by atoms with Gasteiger partial charge in [-0.2, -0.15) is 0 Å². The van der Waals surface area contributed by atoms with Gasteiger partial charge in [0.2, 0.25) is 0 Å². The number of hydrogen-bond donors (Lipinski definition) is 1. The van der Waals surface area contributed by atoms with Crippen LogP contribution in [-0.4, -0.2) is 20.3 Å². The van der Waals surface area contributed by atoms with Crippen LogP contribution in [0, 0.1) is 5.41 Å². The quantitative estimate of drug-likeness (QED) is 0.781. The van der Waals surface area contributed by atoms with Gasteiger partial charge in [0, 0.05) is 26.8 Å². The molecule has 17 heavy (non-hydrogen) atoms. The summed E-state index contributed by atoms with van der Waals surface area (Å²) in [5.41, 5.74) is 1.89. The molecule has 0 amide bonds. The van der Waals surface area contributed by atoms with Crippen LogP contribution in [0.25, 0.3) is 0 Å². The molecule has 1 N–H and O–H groups in total. The van der Waals surface area contributed by atoms with Crippen molar-refractivity contribution in [3.05, 3.63) is 35.9 Å². The third-order valence-corrected chi connectivity index (χ3v) is 3.92. The number of hydrogen-bond acceptors (Lipinski definition) is 2. The smallest absolute Gasteiger partial charge is 0.0468 e. The molecule has 2 nitrogen and oxygen atoms in total. The molecule has 0 atom stereocenters. The van der Waals surface area contributed by atoms with Gasteiger partial charge in [0.1, 0.15) is 0 Å². The standard InChI is InChI=1S/C15H23NO/c1-17-11-10-15(8-5-9-15)13-16-12-14-6-3-2-4-7-14/h2-4,6-7,16H,5,8-13H2,1H3. The van der Waals surface area contributed by atoms with E-state index in [4.69, 9.17) is 4.74 Å². The lowest BCUT2D eigenvalue weighted by molar-refractivity contribution is 0.0689. The third-order valence-electron chi connectivity index (χ3n) is 3.92. The fourth-order valence-corrected chi connectivity index (χ4v) is 2.58. The third kappa shape index (κ3) is 3.55. The van der Waals surface area contributed by atoms with Gasteiger partial charge in [-0.1, -0.05) is 36.8 Å². The van der Waals surface area contributed by atoms with Gasteiger partial charge in [0.05, 0.1) is 0 Å². The lowest BCUT2D eigenvalue weighted by Crippen LogP contribution is -2.40. The van der Waals surface area contributed by atoms with Crippen molar-refractivity contribution in [2.45, 2.75) is 32.2 Å². The van der Waals surface area contributed by atoms with Gasteiger partial charge in [-0.15, -0.1) is 0 Å². The Balaban J connectivity index is 1.73. The van der Waals surface area contributed by atoms with Crippen molar-refractivity contribution in [1.29, 1.82) is 0 Å². The van der Waals surface area contributed by atoms with E-state index in [0.717, 1.165) is 19.7 Å². The summed E-state index contributed by atoms with van der Waals surface area (Å²) in [7, 11) is 1.80. The first-order valence-electron chi connectivity index (χ1n) is 6.58. The van der Waals surface area contributed by atoms with Gasteiger partial charge in [-0.25, -0.2) is 0 Å². The molecule has 0 saturated heterocycles. The molecule has 2 heteroatoms. The van der Waals surface area contributed by atoms with Crippen LogP contribution in [0.5, 0.6) is 0 Å². The van der Waals surface area contributed by atoms with Gasteiger partial charge in [-0.05, 0) is 30.2 Å². The molecule has 1 fully saturated rings. The van der Waals surface area contributed by atoms with E-state index in [1.54, 1.807) is 7.11 Å². The molecule has 1 saturated carbocycles. The Morgan fingerprint density at radius 3 is 2.59 bits per heavy atom.